The number of rotatable bonds is 8. The van der Waals surface area contributed by atoms with Crippen LogP contribution in [0, 0.1) is 10.1 Å². The van der Waals surface area contributed by atoms with Gasteiger partial charge < -0.3 is 4.74 Å². The molecule has 0 bridgehead atoms. The number of hydrazone groups is 1. The van der Waals surface area contributed by atoms with Gasteiger partial charge in [-0.15, -0.1) is 0 Å². The third kappa shape index (κ3) is 6.26. The molecular weight excluding hydrogens is 468 g/mol. The predicted molar refractivity (Wildman–Crippen MR) is 112 cm³/mol. The predicted octanol–water partition coefficient (Wildman–Crippen LogP) is 2.28. The Morgan fingerprint density at radius 1 is 1.34 bits per heavy atom. The molecule has 10 nitrogen and oxygen atoms in total. The maximum atomic E-state index is 12.2. The summed E-state index contributed by atoms with van der Waals surface area (Å²) in [5.74, 6) is -0.201. The lowest BCUT2D eigenvalue weighted by atomic mass is 10.2. The van der Waals surface area contributed by atoms with Crippen LogP contribution in [0.5, 0.6) is 5.75 Å². The highest BCUT2D eigenvalue weighted by atomic mass is 79.9. The van der Waals surface area contributed by atoms with Gasteiger partial charge in [-0.3, -0.25) is 19.2 Å². The Bertz CT molecular complexity index is 1060. The molecule has 0 fully saturated rings. The van der Waals surface area contributed by atoms with Crippen molar-refractivity contribution in [3.63, 3.8) is 0 Å². The molecule has 0 aliphatic heterocycles. The summed E-state index contributed by atoms with van der Waals surface area (Å²) in [7, 11) is -2.39. The molecule has 0 radical (unpaired) electrons. The molecule has 12 heteroatoms. The summed E-state index contributed by atoms with van der Waals surface area (Å²) in [5.41, 5.74) is 2.52. The Kier molecular flexibility index (Phi) is 7.29. The molecule has 0 saturated carbocycles. The Morgan fingerprint density at radius 3 is 2.69 bits per heavy atom. The summed E-state index contributed by atoms with van der Waals surface area (Å²) in [6.45, 7) is -0.604. The minimum absolute atomic E-state index is 0.00510. The van der Waals surface area contributed by atoms with E-state index in [0.717, 1.165) is 21.1 Å². The number of non-ortho nitro benzene ring substituents is 1. The summed E-state index contributed by atoms with van der Waals surface area (Å²) in [6.07, 6.45) is 2.24. The van der Waals surface area contributed by atoms with Crippen LogP contribution in [0.25, 0.3) is 0 Å². The van der Waals surface area contributed by atoms with Crippen LogP contribution >= 0.6 is 15.9 Å². The molecule has 0 aliphatic carbocycles. The number of carbonyl (C=O) groups excluding carboxylic acids is 1. The normalized spacial score (nSPS) is 11.3. The van der Waals surface area contributed by atoms with Crippen LogP contribution in [0.2, 0.25) is 0 Å². The minimum Gasteiger partial charge on any atom is -0.496 e. The van der Waals surface area contributed by atoms with Crippen LogP contribution in [-0.4, -0.2) is 45.4 Å². The fourth-order valence-corrected chi connectivity index (χ4v) is 3.53. The molecule has 0 aliphatic rings. The van der Waals surface area contributed by atoms with Crippen molar-refractivity contribution in [2.24, 2.45) is 5.10 Å². The summed E-state index contributed by atoms with van der Waals surface area (Å²) in [5, 5.41) is 14.7. The molecule has 2 rings (SSSR count). The summed E-state index contributed by atoms with van der Waals surface area (Å²) >= 11 is 3.32. The van der Waals surface area contributed by atoms with E-state index in [0.29, 0.717) is 11.3 Å². The number of ether oxygens (including phenoxy) is 1. The van der Waals surface area contributed by atoms with Crippen molar-refractivity contribution in [2.45, 2.75) is 0 Å². The Hall–Kier alpha value is -2.99. The number of amides is 1. The first-order valence-corrected chi connectivity index (χ1v) is 10.6. The number of nitro benzene ring substituents is 1. The van der Waals surface area contributed by atoms with Crippen LogP contribution in [0.3, 0.4) is 0 Å². The van der Waals surface area contributed by atoms with Crippen LogP contribution < -0.4 is 14.5 Å². The van der Waals surface area contributed by atoms with Crippen molar-refractivity contribution in [1.29, 1.82) is 0 Å². The second kappa shape index (κ2) is 9.47. The zero-order chi connectivity index (χ0) is 21.6. The van der Waals surface area contributed by atoms with E-state index in [1.165, 1.54) is 31.5 Å². The number of carbonyl (C=O) groups is 1. The molecule has 0 unspecified atom stereocenters. The van der Waals surface area contributed by atoms with Gasteiger partial charge in [0.15, 0.2) is 0 Å². The highest BCUT2D eigenvalue weighted by molar-refractivity contribution is 9.10. The number of nitrogens with one attached hydrogen (secondary N) is 1. The summed E-state index contributed by atoms with van der Waals surface area (Å²) < 4.78 is 30.9. The summed E-state index contributed by atoms with van der Waals surface area (Å²) in [4.78, 5) is 22.5. The number of nitrogens with zero attached hydrogens (tertiary/aromatic N) is 3. The Labute approximate surface area is 175 Å². The van der Waals surface area contributed by atoms with Gasteiger partial charge in [-0.25, -0.2) is 13.8 Å². The van der Waals surface area contributed by atoms with E-state index in [9.17, 15) is 23.3 Å². The molecular formula is C17H17BrN4O6S. The van der Waals surface area contributed by atoms with Gasteiger partial charge in [-0.05, 0) is 24.3 Å². The first kappa shape index (κ1) is 22.3. The zero-order valence-corrected chi connectivity index (χ0v) is 17.8. The van der Waals surface area contributed by atoms with Gasteiger partial charge >= 0.3 is 0 Å². The van der Waals surface area contributed by atoms with Crippen molar-refractivity contribution in [3.05, 3.63) is 62.6 Å². The summed E-state index contributed by atoms with van der Waals surface area (Å²) in [6, 6.07) is 10.2. The van der Waals surface area contributed by atoms with E-state index in [2.05, 4.69) is 26.5 Å². The molecule has 154 valence electrons. The Morgan fingerprint density at radius 2 is 2.07 bits per heavy atom. The van der Waals surface area contributed by atoms with Gasteiger partial charge in [0.05, 0.1) is 30.2 Å². The SMILES string of the molecule is COc1ccc(Br)cc1/C=N\NC(=O)CN(c1cccc([N+](=O)[O-])c1)S(C)(=O)=O. The van der Waals surface area contributed by atoms with Crippen molar-refractivity contribution in [3.8, 4) is 5.75 Å². The van der Waals surface area contributed by atoms with E-state index in [1.54, 1.807) is 18.2 Å². The maximum absolute atomic E-state index is 12.2. The second-order valence-corrected chi connectivity index (χ2v) is 8.55. The maximum Gasteiger partial charge on any atom is 0.271 e. The average molecular weight is 485 g/mol. The third-order valence-electron chi connectivity index (χ3n) is 3.60. The zero-order valence-electron chi connectivity index (χ0n) is 15.4. The first-order chi connectivity index (χ1) is 13.6. The van der Waals surface area contributed by atoms with Crippen molar-refractivity contribution in [1.82, 2.24) is 5.43 Å². The van der Waals surface area contributed by atoms with Crippen molar-refractivity contribution >= 4 is 49.4 Å². The lowest BCUT2D eigenvalue weighted by Crippen LogP contribution is -2.39. The Balaban J connectivity index is 2.17. The number of hydrogen-bond acceptors (Lipinski definition) is 7. The lowest BCUT2D eigenvalue weighted by Gasteiger charge is -2.21. The highest BCUT2D eigenvalue weighted by Gasteiger charge is 2.22. The standard InChI is InChI=1S/C17H17BrN4O6S/c1-28-16-7-6-13(18)8-12(16)10-19-20-17(23)11-21(29(2,26)27)14-4-3-5-15(9-14)22(24)25/h3-10H,11H2,1-2H3,(H,20,23)/b19-10-. The molecule has 0 atom stereocenters. The number of hydrogen-bond donors (Lipinski definition) is 1. The third-order valence-corrected chi connectivity index (χ3v) is 5.23. The van der Waals surface area contributed by atoms with Gasteiger partial charge in [-0.2, -0.15) is 5.10 Å². The monoisotopic (exact) mass is 484 g/mol. The fraction of sp³-hybridized carbons (Fsp3) is 0.176. The molecule has 0 saturated heterocycles. The van der Waals surface area contributed by atoms with Crippen LogP contribution in [0.4, 0.5) is 11.4 Å². The number of anilines is 1. The quantitative estimate of drug-likeness (QED) is 0.347. The van der Waals surface area contributed by atoms with Crippen molar-refractivity contribution < 1.29 is 22.9 Å². The van der Waals surface area contributed by atoms with Gasteiger partial charge in [0, 0.05) is 22.2 Å². The van der Waals surface area contributed by atoms with E-state index in [4.69, 9.17) is 4.74 Å². The van der Waals surface area contributed by atoms with E-state index in [-0.39, 0.29) is 11.4 Å². The van der Waals surface area contributed by atoms with Gasteiger partial charge in [0.1, 0.15) is 12.3 Å². The average Bonchev–Trinajstić information content (AvgIpc) is 2.65. The number of methoxy groups -OCH3 is 1. The second-order valence-electron chi connectivity index (χ2n) is 5.73. The number of benzene rings is 2. The molecule has 0 spiro atoms. The van der Waals surface area contributed by atoms with E-state index in [1.807, 2.05) is 0 Å². The minimum atomic E-state index is -3.88. The van der Waals surface area contributed by atoms with Crippen LogP contribution in [0.15, 0.2) is 52.0 Å². The topological polar surface area (TPSA) is 131 Å². The number of nitro groups is 1. The lowest BCUT2D eigenvalue weighted by molar-refractivity contribution is -0.384. The number of sulfonamides is 1. The van der Waals surface area contributed by atoms with Gasteiger partial charge in [0.25, 0.3) is 11.6 Å². The molecule has 2 aromatic carbocycles. The van der Waals surface area contributed by atoms with Crippen molar-refractivity contribution in [2.75, 3.05) is 24.2 Å². The largest absolute Gasteiger partial charge is 0.496 e. The first-order valence-electron chi connectivity index (χ1n) is 7.99. The smallest absolute Gasteiger partial charge is 0.271 e. The highest BCUT2D eigenvalue weighted by Crippen LogP contribution is 2.23. The molecule has 29 heavy (non-hydrogen) atoms. The molecule has 1 amide bonds. The fourth-order valence-electron chi connectivity index (χ4n) is 2.31. The molecule has 0 heterocycles. The van der Waals surface area contributed by atoms with E-state index >= 15 is 0 Å². The molecule has 2 aromatic rings. The number of halogens is 1. The van der Waals surface area contributed by atoms with Crippen LogP contribution in [-0.2, 0) is 14.8 Å². The van der Waals surface area contributed by atoms with Crippen LogP contribution in [0.1, 0.15) is 5.56 Å². The molecule has 1 N–H and O–H groups in total. The molecule has 0 aromatic heterocycles. The van der Waals surface area contributed by atoms with Gasteiger partial charge in [0.2, 0.25) is 10.0 Å². The van der Waals surface area contributed by atoms with E-state index < -0.39 is 27.4 Å². The van der Waals surface area contributed by atoms with Gasteiger partial charge in [-0.1, -0.05) is 22.0 Å².